The summed E-state index contributed by atoms with van der Waals surface area (Å²) in [7, 11) is -1.40. The van der Waals surface area contributed by atoms with Crippen molar-refractivity contribution in [3.05, 3.63) is 12.7 Å². The molecule has 0 unspecified atom stereocenters. The first-order valence-electron chi connectivity index (χ1n) is 5.79. The fourth-order valence-corrected chi connectivity index (χ4v) is 4.04. The van der Waals surface area contributed by atoms with E-state index in [1.165, 1.54) is 32.1 Å². The molecule has 0 spiro atoms. The third-order valence-electron chi connectivity index (χ3n) is 2.80. The van der Waals surface area contributed by atoms with Crippen LogP contribution in [-0.2, 0) is 4.43 Å². The van der Waals surface area contributed by atoms with Crippen molar-refractivity contribution in [3.8, 4) is 0 Å². The zero-order valence-electron chi connectivity index (χ0n) is 9.94. The highest BCUT2D eigenvalue weighted by molar-refractivity contribution is 6.69. The quantitative estimate of drug-likeness (QED) is 0.503. The summed E-state index contributed by atoms with van der Waals surface area (Å²) in [5.74, 6) is 0. The Balaban J connectivity index is 2.64. The molecule has 0 heterocycles. The minimum absolute atomic E-state index is 0.157. The van der Waals surface area contributed by atoms with Crippen molar-refractivity contribution >= 4 is 8.32 Å². The summed E-state index contributed by atoms with van der Waals surface area (Å²) in [4.78, 5) is 0. The van der Waals surface area contributed by atoms with E-state index in [4.69, 9.17) is 4.43 Å². The molecule has 1 aliphatic rings. The Morgan fingerprint density at radius 2 is 1.79 bits per heavy atom. The minimum atomic E-state index is -1.40. The lowest BCUT2D eigenvalue weighted by Gasteiger charge is -2.41. The van der Waals surface area contributed by atoms with Crippen molar-refractivity contribution in [2.45, 2.75) is 63.8 Å². The zero-order valence-corrected chi connectivity index (χ0v) is 10.9. The smallest absolute Gasteiger partial charge is 0.184 e. The molecule has 0 aliphatic heterocycles. The first-order chi connectivity index (χ1) is 6.47. The van der Waals surface area contributed by atoms with Crippen LogP contribution in [0.25, 0.3) is 0 Å². The van der Waals surface area contributed by atoms with Gasteiger partial charge in [-0.3, -0.25) is 0 Å². The molecule has 1 rings (SSSR count). The van der Waals surface area contributed by atoms with Crippen LogP contribution < -0.4 is 0 Å². The fraction of sp³-hybridized carbons (Fsp3) is 0.833. The summed E-state index contributed by atoms with van der Waals surface area (Å²) in [6.07, 6.45) is 9.60. The summed E-state index contributed by atoms with van der Waals surface area (Å²) in [5, 5.41) is 0. The Bertz CT molecular complexity index is 187. The molecule has 0 saturated heterocycles. The number of hydrogen-bond donors (Lipinski definition) is 0. The van der Waals surface area contributed by atoms with Gasteiger partial charge in [-0.15, -0.1) is 6.58 Å². The summed E-state index contributed by atoms with van der Waals surface area (Å²) in [6.45, 7) is 10.7. The molecule has 0 bridgehead atoms. The van der Waals surface area contributed by atoms with Crippen molar-refractivity contribution in [3.63, 3.8) is 0 Å². The lowest BCUT2D eigenvalue weighted by Crippen LogP contribution is -2.43. The van der Waals surface area contributed by atoms with E-state index in [1.54, 1.807) is 0 Å². The summed E-state index contributed by atoms with van der Waals surface area (Å²) in [5.41, 5.74) is 0.157. The van der Waals surface area contributed by atoms with Crippen LogP contribution >= 0.6 is 0 Å². The minimum Gasteiger partial charge on any atom is -0.412 e. The van der Waals surface area contributed by atoms with Gasteiger partial charge in [0, 0.05) is 0 Å². The van der Waals surface area contributed by atoms with Gasteiger partial charge in [-0.1, -0.05) is 25.3 Å². The van der Waals surface area contributed by atoms with Crippen molar-refractivity contribution in [2.24, 2.45) is 0 Å². The first kappa shape index (κ1) is 12.0. The second-order valence-electron chi connectivity index (χ2n) is 5.45. The maximum atomic E-state index is 6.37. The molecule has 0 N–H and O–H groups in total. The first-order valence-corrected chi connectivity index (χ1v) is 9.19. The van der Waals surface area contributed by atoms with Crippen molar-refractivity contribution in [2.75, 3.05) is 0 Å². The van der Waals surface area contributed by atoms with Crippen LogP contribution in [-0.4, -0.2) is 13.9 Å². The van der Waals surface area contributed by atoms with Gasteiger partial charge >= 0.3 is 0 Å². The molecule has 0 aromatic rings. The molecule has 1 nitrogen and oxygen atoms in total. The molecule has 1 aliphatic carbocycles. The summed E-state index contributed by atoms with van der Waals surface area (Å²) < 4.78 is 6.37. The normalized spacial score (nSPS) is 21.9. The molecule has 0 amide bonds. The Morgan fingerprint density at radius 3 is 2.21 bits per heavy atom. The molecule has 0 radical (unpaired) electrons. The Morgan fingerprint density at radius 1 is 1.21 bits per heavy atom. The second kappa shape index (κ2) is 4.62. The van der Waals surface area contributed by atoms with Crippen LogP contribution in [0.3, 0.4) is 0 Å². The standard InChI is InChI=1S/C12H24OSi/c1-5-9-12(13-14(2,3)4)10-7-6-8-11-12/h5H,1,6-11H2,2-4H3. The van der Waals surface area contributed by atoms with Gasteiger partial charge in [-0.25, -0.2) is 0 Å². The largest absolute Gasteiger partial charge is 0.412 e. The molecule has 2 heteroatoms. The maximum Gasteiger partial charge on any atom is 0.184 e. The molecular weight excluding hydrogens is 188 g/mol. The van der Waals surface area contributed by atoms with E-state index in [-0.39, 0.29) is 5.60 Å². The lowest BCUT2D eigenvalue weighted by atomic mass is 9.83. The number of hydrogen-bond acceptors (Lipinski definition) is 1. The van der Waals surface area contributed by atoms with E-state index in [0.717, 1.165) is 6.42 Å². The van der Waals surface area contributed by atoms with E-state index in [9.17, 15) is 0 Å². The van der Waals surface area contributed by atoms with Crippen molar-refractivity contribution < 1.29 is 4.43 Å². The van der Waals surface area contributed by atoms with E-state index < -0.39 is 8.32 Å². The van der Waals surface area contributed by atoms with Gasteiger partial charge < -0.3 is 4.43 Å². The maximum absolute atomic E-state index is 6.37. The highest BCUT2D eigenvalue weighted by Crippen LogP contribution is 2.36. The van der Waals surface area contributed by atoms with Crippen LogP contribution in [0.2, 0.25) is 19.6 Å². The van der Waals surface area contributed by atoms with Crippen LogP contribution in [0.4, 0.5) is 0 Å². The summed E-state index contributed by atoms with van der Waals surface area (Å²) >= 11 is 0. The Labute approximate surface area is 89.7 Å². The highest BCUT2D eigenvalue weighted by Gasteiger charge is 2.35. The van der Waals surface area contributed by atoms with Gasteiger partial charge in [0.05, 0.1) is 5.60 Å². The lowest BCUT2D eigenvalue weighted by molar-refractivity contribution is 0.0255. The molecule has 1 saturated carbocycles. The predicted octanol–water partition coefficient (Wildman–Crippen LogP) is 4.12. The highest BCUT2D eigenvalue weighted by atomic mass is 28.4. The van der Waals surface area contributed by atoms with Gasteiger partial charge in [-0.2, -0.15) is 0 Å². The van der Waals surface area contributed by atoms with Gasteiger partial charge in [0.2, 0.25) is 0 Å². The topological polar surface area (TPSA) is 9.23 Å². The van der Waals surface area contributed by atoms with E-state index in [1.807, 2.05) is 6.08 Å². The van der Waals surface area contributed by atoms with Gasteiger partial charge in [0.15, 0.2) is 8.32 Å². The van der Waals surface area contributed by atoms with E-state index in [2.05, 4.69) is 26.2 Å². The SMILES string of the molecule is C=CCC1(O[Si](C)(C)C)CCCCC1. The Hall–Kier alpha value is -0.0831. The predicted molar refractivity (Wildman–Crippen MR) is 65.1 cm³/mol. The number of rotatable bonds is 4. The molecule has 1 fully saturated rings. The van der Waals surface area contributed by atoms with Crippen molar-refractivity contribution in [1.29, 1.82) is 0 Å². The van der Waals surface area contributed by atoms with Crippen LogP contribution in [0.1, 0.15) is 38.5 Å². The summed E-state index contributed by atoms with van der Waals surface area (Å²) in [6, 6.07) is 0. The average Bonchev–Trinajstić information content (AvgIpc) is 2.02. The fourth-order valence-electron chi connectivity index (χ4n) is 2.46. The molecule has 14 heavy (non-hydrogen) atoms. The molecule has 0 aromatic carbocycles. The van der Waals surface area contributed by atoms with E-state index >= 15 is 0 Å². The average molecular weight is 212 g/mol. The van der Waals surface area contributed by atoms with Gasteiger partial charge in [0.25, 0.3) is 0 Å². The molecular formula is C12H24OSi. The molecule has 82 valence electrons. The molecule has 0 aromatic heterocycles. The van der Waals surface area contributed by atoms with Crippen LogP contribution in [0, 0.1) is 0 Å². The third-order valence-corrected chi connectivity index (χ3v) is 3.85. The molecule has 0 atom stereocenters. The zero-order chi connectivity index (χ0) is 10.7. The monoisotopic (exact) mass is 212 g/mol. The van der Waals surface area contributed by atoms with Crippen LogP contribution in [0.5, 0.6) is 0 Å². The van der Waals surface area contributed by atoms with Crippen LogP contribution in [0.15, 0.2) is 12.7 Å². The van der Waals surface area contributed by atoms with E-state index in [0.29, 0.717) is 0 Å². The second-order valence-corrected chi connectivity index (χ2v) is 9.88. The van der Waals surface area contributed by atoms with Gasteiger partial charge in [0.1, 0.15) is 0 Å². The third kappa shape index (κ3) is 3.58. The van der Waals surface area contributed by atoms with Gasteiger partial charge in [-0.05, 0) is 38.9 Å². The van der Waals surface area contributed by atoms with Crippen molar-refractivity contribution in [1.82, 2.24) is 0 Å². The Kier molecular flexibility index (Phi) is 3.96.